The largest absolute Gasteiger partial charge is 0.320 e. The Balaban J connectivity index is 3.13. The number of nitriles is 1. The Kier molecular flexibility index (Phi) is 3.09. The fourth-order valence-electron chi connectivity index (χ4n) is 0.972. The van der Waals surface area contributed by atoms with Crippen LogP contribution in [0.5, 0.6) is 0 Å². The van der Waals surface area contributed by atoms with Gasteiger partial charge in [0.15, 0.2) is 0 Å². The molecule has 0 aliphatic heterocycles. The Hall–Kier alpha value is -1.77. The highest BCUT2D eigenvalue weighted by Gasteiger charge is 1.95. The van der Waals surface area contributed by atoms with Gasteiger partial charge in [0.2, 0.25) is 0 Å². The van der Waals surface area contributed by atoms with Crippen LogP contribution in [0.1, 0.15) is 16.7 Å². The van der Waals surface area contributed by atoms with Crippen molar-refractivity contribution in [3.8, 4) is 17.9 Å². The second-order valence-electron chi connectivity index (χ2n) is 2.65. The van der Waals surface area contributed by atoms with E-state index in [0.29, 0.717) is 12.1 Å². The van der Waals surface area contributed by atoms with E-state index in [-0.39, 0.29) is 0 Å². The van der Waals surface area contributed by atoms with E-state index < -0.39 is 0 Å². The van der Waals surface area contributed by atoms with Crippen molar-refractivity contribution in [3.05, 3.63) is 34.9 Å². The molecule has 0 aromatic heterocycles. The molecule has 0 bridgehead atoms. The molecule has 0 aliphatic carbocycles. The van der Waals surface area contributed by atoms with Crippen LogP contribution in [0.25, 0.3) is 0 Å². The second kappa shape index (κ2) is 4.30. The van der Waals surface area contributed by atoms with Crippen molar-refractivity contribution >= 4 is 0 Å². The Labute approximate surface area is 78.0 Å². The van der Waals surface area contributed by atoms with Gasteiger partial charge in [-0.05, 0) is 24.6 Å². The number of benzene rings is 1. The first-order chi connectivity index (χ1) is 6.27. The van der Waals surface area contributed by atoms with Crippen molar-refractivity contribution < 1.29 is 0 Å². The molecule has 1 rings (SSSR count). The molecule has 1 aromatic carbocycles. The standard InChI is InChI=1S/C11H10N2/c1-9-4-5-10(8-13)7-11(9)3-2-6-12/h4-5,7H,6,12H2,1H3. The number of hydrogen-bond donors (Lipinski definition) is 1. The van der Waals surface area contributed by atoms with Crippen LogP contribution in [-0.2, 0) is 0 Å². The molecular weight excluding hydrogens is 160 g/mol. The number of rotatable bonds is 0. The lowest BCUT2D eigenvalue weighted by molar-refractivity contribution is 1.30. The number of aryl methyl sites for hydroxylation is 1. The van der Waals surface area contributed by atoms with E-state index in [2.05, 4.69) is 17.9 Å². The van der Waals surface area contributed by atoms with Crippen molar-refractivity contribution in [2.75, 3.05) is 6.54 Å². The Morgan fingerprint density at radius 1 is 1.46 bits per heavy atom. The van der Waals surface area contributed by atoms with Gasteiger partial charge in [0.1, 0.15) is 0 Å². The molecular formula is C11H10N2. The van der Waals surface area contributed by atoms with Crippen LogP contribution in [0, 0.1) is 30.1 Å². The van der Waals surface area contributed by atoms with Crippen LogP contribution in [0.2, 0.25) is 0 Å². The van der Waals surface area contributed by atoms with Crippen molar-refractivity contribution in [2.45, 2.75) is 6.92 Å². The Bertz CT molecular complexity index is 402. The molecule has 0 aliphatic rings. The summed E-state index contributed by atoms with van der Waals surface area (Å²) in [5.41, 5.74) is 7.84. The summed E-state index contributed by atoms with van der Waals surface area (Å²) in [6.07, 6.45) is 0. The molecule has 2 nitrogen and oxygen atoms in total. The van der Waals surface area contributed by atoms with Crippen molar-refractivity contribution in [3.63, 3.8) is 0 Å². The van der Waals surface area contributed by atoms with Crippen LogP contribution in [-0.4, -0.2) is 6.54 Å². The summed E-state index contributed by atoms with van der Waals surface area (Å²) in [6, 6.07) is 7.52. The molecule has 0 saturated carbocycles. The lowest BCUT2D eigenvalue weighted by Gasteiger charge is -1.96. The fraction of sp³-hybridized carbons (Fsp3) is 0.182. The molecule has 1 aromatic rings. The number of hydrogen-bond acceptors (Lipinski definition) is 2. The van der Waals surface area contributed by atoms with Crippen molar-refractivity contribution in [1.82, 2.24) is 0 Å². The topological polar surface area (TPSA) is 49.8 Å². The molecule has 0 spiro atoms. The molecule has 0 saturated heterocycles. The van der Waals surface area contributed by atoms with Crippen LogP contribution in [0.3, 0.4) is 0 Å². The minimum absolute atomic E-state index is 0.343. The van der Waals surface area contributed by atoms with Gasteiger partial charge in [0, 0.05) is 5.56 Å². The molecule has 0 heterocycles. The maximum atomic E-state index is 8.66. The molecule has 2 heteroatoms. The van der Waals surface area contributed by atoms with Gasteiger partial charge in [-0.1, -0.05) is 17.9 Å². The van der Waals surface area contributed by atoms with E-state index >= 15 is 0 Å². The molecule has 0 atom stereocenters. The first kappa shape index (κ1) is 9.32. The third kappa shape index (κ3) is 2.33. The highest BCUT2D eigenvalue weighted by atomic mass is 14.5. The van der Waals surface area contributed by atoms with E-state index in [9.17, 15) is 0 Å². The summed E-state index contributed by atoms with van der Waals surface area (Å²) >= 11 is 0. The van der Waals surface area contributed by atoms with E-state index in [1.165, 1.54) is 0 Å². The summed E-state index contributed by atoms with van der Waals surface area (Å²) < 4.78 is 0. The average molecular weight is 170 g/mol. The van der Waals surface area contributed by atoms with E-state index in [1.807, 2.05) is 13.0 Å². The van der Waals surface area contributed by atoms with Gasteiger partial charge in [0.05, 0.1) is 18.2 Å². The first-order valence-corrected chi connectivity index (χ1v) is 3.97. The van der Waals surface area contributed by atoms with E-state index in [4.69, 9.17) is 11.0 Å². The van der Waals surface area contributed by atoms with Crippen LogP contribution in [0.4, 0.5) is 0 Å². The van der Waals surface area contributed by atoms with E-state index in [1.54, 1.807) is 12.1 Å². The van der Waals surface area contributed by atoms with Gasteiger partial charge < -0.3 is 5.73 Å². The average Bonchev–Trinajstić information content (AvgIpc) is 2.17. The summed E-state index contributed by atoms with van der Waals surface area (Å²) in [5.74, 6) is 5.69. The van der Waals surface area contributed by atoms with Gasteiger partial charge in [-0.2, -0.15) is 5.26 Å². The lowest BCUT2D eigenvalue weighted by atomic mass is 10.1. The van der Waals surface area contributed by atoms with Crippen LogP contribution in [0.15, 0.2) is 18.2 Å². The lowest BCUT2D eigenvalue weighted by Crippen LogP contribution is -1.93. The molecule has 0 fully saturated rings. The predicted octanol–water partition coefficient (Wildman–Crippen LogP) is 1.18. The zero-order valence-electron chi connectivity index (χ0n) is 7.46. The highest BCUT2D eigenvalue weighted by Crippen LogP contribution is 2.08. The monoisotopic (exact) mass is 170 g/mol. The van der Waals surface area contributed by atoms with Gasteiger partial charge in [-0.3, -0.25) is 0 Å². The van der Waals surface area contributed by atoms with Crippen molar-refractivity contribution in [2.24, 2.45) is 5.73 Å². The SMILES string of the molecule is Cc1ccc(C#N)cc1C#CCN. The zero-order chi connectivity index (χ0) is 9.68. The summed E-state index contributed by atoms with van der Waals surface area (Å²) in [4.78, 5) is 0. The Morgan fingerprint density at radius 3 is 2.85 bits per heavy atom. The molecule has 2 N–H and O–H groups in total. The highest BCUT2D eigenvalue weighted by molar-refractivity contribution is 5.46. The van der Waals surface area contributed by atoms with Crippen LogP contribution >= 0.6 is 0 Å². The molecule has 13 heavy (non-hydrogen) atoms. The zero-order valence-corrected chi connectivity index (χ0v) is 7.46. The maximum absolute atomic E-state index is 8.66. The van der Waals surface area contributed by atoms with Gasteiger partial charge in [-0.25, -0.2) is 0 Å². The summed E-state index contributed by atoms with van der Waals surface area (Å²) in [6.45, 7) is 2.30. The maximum Gasteiger partial charge on any atom is 0.0992 e. The fourth-order valence-corrected chi connectivity index (χ4v) is 0.972. The molecule has 0 radical (unpaired) electrons. The minimum atomic E-state index is 0.343. The normalized spacial score (nSPS) is 8.38. The van der Waals surface area contributed by atoms with Crippen LogP contribution < -0.4 is 5.73 Å². The third-order valence-electron chi connectivity index (χ3n) is 1.69. The van der Waals surface area contributed by atoms with Gasteiger partial charge >= 0.3 is 0 Å². The first-order valence-electron chi connectivity index (χ1n) is 3.97. The minimum Gasteiger partial charge on any atom is -0.320 e. The molecule has 64 valence electrons. The smallest absolute Gasteiger partial charge is 0.0992 e. The van der Waals surface area contributed by atoms with Crippen molar-refractivity contribution in [1.29, 1.82) is 5.26 Å². The molecule has 0 unspecified atom stereocenters. The summed E-state index contributed by atoms with van der Waals surface area (Å²) in [7, 11) is 0. The second-order valence-corrected chi connectivity index (χ2v) is 2.65. The number of nitrogens with two attached hydrogens (primary N) is 1. The van der Waals surface area contributed by atoms with E-state index in [0.717, 1.165) is 11.1 Å². The quantitative estimate of drug-likeness (QED) is 0.594. The van der Waals surface area contributed by atoms with Gasteiger partial charge in [0.25, 0.3) is 0 Å². The number of nitrogens with zero attached hydrogens (tertiary/aromatic N) is 1. The third-order valence-corrected chi connectivity index (χ3v) is 1.69. The predicted molar refractivity (Wildman–Crippen MR) is 51.8 cm³/mol. The van der Waals surface area contributed by atoms with Gasteiger partial charge in [-0.15, -0.1) is 0 Å². The summed E-state index contributed by atoms with van der Waals surface area (Å²) in [5, 5.41) is 8.66. The molecule has 0 amide bonds. The Morgan fingerprint density at radius 2 is 2.23 bits per heavy atom.